The molecule has 0 aromatic carbocycles. The fourth-order valence-electron chi connectivity index (χ4n) is 0.815. The predicted molar refractivity (Wildman–Crippen MR) is 30.9 cm³/mol. The molecule has 2 atom stereocenters. The Hall–Kier alpha value is -0.630. The van der Waals surface area contributed by atoms with Crippen LogP contribution in [0, 0.1) is 5.92 Å². The second-order valence-corrected chi connectivity index (χ2v) is 2.01. The van der Waals surface area contributed by atoms with E-state index in [9.17, 15) is 4.79 Å². The summed E-state index contributed by atoms with van der Waals surface area (Å²) in [4.78, 5) is 9.92. The molecule has 0 aromatic heterocycles. The van der Waals surface area contributed by atoms with Crippen LogP contribution in [0.4, 0.5) is 0 Å². The molecular formula is C6H8NO. The maximum atomic E-state index is 9.92. The van der Waals surface area contributed by atoms with Gasteiger partial charge in [-0.05, 0) is 6.42 Å². The van der Waals surface area contributed by atoms with E-state index in [1.165, 1.54) is 0 Å². The van der Waals surface area contributed by atoms with Crippen LogP contribution >= 0.6 is 0 Å². The van der Waals surface area contributed by atoms with Crippen molar-refractivity contribution in [3.63, 3.8) is 0 Å². The summed E-state index contributed by atoms with van der Waals surface area (Å²) >= 11 is 0. The first kappa shape index (κ1) is 5.51. The van der Waals surface area contributed by atoms with Crippen LogP contribution in [0.1, 0.15) is 6.42 Å². The Bertz CT molecular complexity index is 120. The molecule has 2 N–H and O–H groups in total. The molecule has 0 heterocycles. The molecule has 0 unspecified atom stereocenters. The van der Waals surface area contributed by atoms with Gasteiger partial charge in [0.1, 0.15) is 0 Å². The van der Waals surface area contributed by atoms with E-state index in [4.69, 9.17) is 5.73 Å². The molecule has 1 radical (unpaired) electrons. The molecule has 43 valence electrons. The molecule has 2 nitrogen and oxygen atoms in total. The summed E-state index contributed by atoms with van der Waals surface area (Å²) in [5.41, 5.74) is 5.44. The predicted octanol–water partition coefficient (Wildman–Crippen LogP) is -0.000500. The fourth-order valence-corrected chi connectivity index (χ4v) is 0.815. The van der Waals surface area contributed by atoms with Crippen LogP contribution in [0.2, 0.25) is 0 Å². The van der Waals surface area contributed by atoms with E-state index in [1.54, 1.807) is 6.08 Å². The quantitative estimate of drug-likeness (QED) is 0.483. The second kappa shape index (κ2) is 2.09. The lowest BCUT2D eigenvalue weighted by Gasteiger charge is -1.96. The Kier molecular flexibility index (Phi) is 1.44. The monoisotopic (exact) mass is 110 g/mol. The van der Waals surface area contributed by atoms with E-state index in [-0.39, 0.29) is 12.0 Å². The lowest BCUT2D eigenvalue weighted by atomic mass is 10.1. The number of hydrogen-bond acceptors (Lipinski definition) is 2. The van der Waals surface area contributed by atoms with Gasteiger partial charge in [0.25, 0.3) is 0 Å². The SMILES string of the molecule is N[C@@H]1C=C[C@H]([C]=O)C1. The van der Waals surface area contributed by atoms with E-state index in [0.29, 0.717) is 0 Å². The Morgan fingerprint density at radius 1 is 1.62 bits per heavy atom. The van der Waals surface area contributed by atoms with E-state index >= 15 is 0 Å². The highest BCUT2D eigenvalue weighted by molar-refractivity contribution is 5.58. The van der Waals surface area contributed by atoms with Gasteiger partial charge in [-0.1, -0.05) is 12.2 Å². The minimum absolute atomic E-state index is 0.0370. The minimum atomic E-state index is -0.0370. The molecule has 0 saturated carbocycles. The number of hydrogen-bond donors (Lipinski definition) is 1. The fraction of sp³-hybridized carbons (Fsp3) is 0.500. The number of nitrogens with two attached hydrogens (primary N) is 1. The highest BCUT2D eigenvalue weighted by Gasteiger charge is 2.14. The van der Waals surface area contributed by atoms with Gasteiger partial charge in [-0.25, -0.2) is 0 Å². The first-order valence-corrected chi connectivity index (χ1v) is 2.64. The molecule has 1 aliphatic rings. The van der Waals surface area contributed by atoms with Gasteiger partial charge < -0.3 is 5.73 Å². The molecule has 1 aliphatic carbocycles. The van der Waals surface area contributed by atoms with E-state index in [2.05, 4.69) is 0 Å². The summed E-state index contributed by atoms with van der Waals surface area (Å²) in [6, 6.07) is 0.0847. The summed E-state index contributed by atoms with van der Waals surface area (Å²) < 4.78 is 0. The average Bonchev–Trinajstić information content (AvgIpc) is 2.14. The Balaban J connectivity index is 2.45. The van der Waals surface area contributed by atoms with Crippen LogP contribution < -0.4 is 5.73 Å². The van der Waals surface area contributed by atoms with Gasteiger partial charge in [0.05, 0.1) is 0 Å². The van der Waals surface area contributed by atoms with Crippen molar-refractivity contribution in [2.24, 2.45) is 11.7 Å². The topological polar surface area (TPSA) is 43.1 Å². The zero-order valence-corrected chi connectivity index (χ0v) is 4.50. The maximum Gasteiger partial charge on any atom is 0.205 e. The smallest absolute Gasteiger partial charge is 0.205 e. The lowest BCUT2D eigenvalue weighted by molar-refractivity contribution is 0.532. The normalized spacial score (nSPS) is 35.6. The molecule has 0 amide bonds. The molecule has 8 heavy (non-hydrogen) atoms. The van der Waals surface area contributed by atoms with Crippen LogP contribution in [0.5, 0.6) is 0 Å². The molecular weight excluding hydrogens is 102 g/mol. The van der Waals surface area contributed by atoms with Crippen LogP contribution in [0.15, 0.2) is 12.2 Å². The zero-order valence-electron chi connectivity index (χ0n) is 4.50. The van der Waals surface area contributed by atoms with E-state index in [0.717, 1.165) is 6.42 Å². The third-order valence-corrected chi connectivity index (χ3v) is 1.27. The highest BCUT2D eigenvalue weighted by atomic mass is 16.1. The van der Waals surface area contributed by atoms with Gasteiger partial charge >= 0.3 is 0 Å². The second-order valence-electron chi connectivity index (χ2n) is 2.01. The van der Waals surface area contributed by atoms with Crippen molar-refractivity contribution in [1.82, 2.24) is 0 Å². The largest absolute Gasteiger partial charge is 0.324 e. The number of carbonyl (C=O) groups excluding carboxylic acids is 1. The van der Waals surface area contributed by atoms with Crippen molar-refractivity contribution in [3.8, 4) is 0 Å². The first-order valence-electron chi connectivity index (χ1n) is 2.64. The van der Waals surface area contributed by atoms with Gasteiger partial charge in [0.2, 0.25) is 6.29 Å². The zero-order chi connectivity index (χ0) is 5.98. The molecule has 0 spiro atoms. The standard InChI is InChI=1S/C6H8NO/c7-6-2-1-5(3-6)4-8/h1-2,5-6H,3,7H2/t5-,6+/m0/s1. The molecule has 0 aromatic rings. The van der Waals surface area contributed by atoms with Gasteiger partial charge in [-0.2, -0.15) is 0 Å². The minimum Gasteiger partial charge on any atom is -0.324 e. The van der Waals surface area contributed by atoms with Gasteiger partial charge in [-0.15, -0.1) is 0 Å². The highest BCUT2D eigenvalue weighted by Crippen LogP contribution is 2.12. The number of rotatable bonds is 1. The van der Waals surface area contributed by atoms with Crippen molar-refractivity contribution in [3.05, 3.63) is 12.2 Å². The first-order chi connectivity index (χ1) is 3.83. The van der Waals surface area contributed by atoms with Gasteiger partial charge in [0, 0.05) is 12.0 Å². The molecule has 1 rings (SSSR count). The van der Waals surface area contributed by atoms with Crippen LogP contribution in [0.3, 0.4) is 0 Å². The van der Waals surface area contributed by atoms with E-state index in [1.807, 2.05) is 12.4 Å². The summed E-state index contributed by atoms with van der Waals surface area (Å²) in [5.74, 6) is -0.0370. The van der Waals surface area contributed by atoms with Crippen molar-refractivity contribution >= 4 is 6.29 Å². The van der Waals surface area contributed by atoms with E-state index < -0.39 is 0 Å². The summed E-state index contributed by atoms with van der Waals surface area (Å²) in [6.07, 6.45) is 6.26. The molecule has 0 aliphatic heterocycles. The lowest BCUT2D eigenvalue weighted by Crippen LogP contribution is -2.14. The summed E-state index contributed by atoms with van der Waals surface area (Å²) in [5, 5.41) is 0. The summed E-state index contributed by atoms with van der Waals surface area (Å²) in [6.45, 7) is 0. The molecule has 2 heteroatoms. The van der Waals surface area contributed by atoms with Crippen molar-refractivity contribution in [2.45, 2.75) is 12.5 Å². The Morgan fingerprint density at radius 3 is 2.62 bits per heavy atom. The number of allylic oxidation sites excluding steroid dienone is 1. The third-order valence-electron chi connectivity index (χ3n) is 1.27. The van der Waals surface area contributed by atoms with Crippen LogP contribution in [0.25, 0.3) is 0 Å². The van der Waals surface area contributed by atoms with Crippen LogP contribution in [-0.4, -0.2) is 12.3 Å². The Morgan fingerprint density at radius 2 is 2.38 bits per heavy atom. The van der Waals surface area contributed by atoms with Gasteiger partial charge in [0.15, 0.2) is 0 Å². The van der Waals surface area contributed by atoms with Crippen molar-refractivity contribution in [1.29, 1.82) is 0 Å². The molecule has 0 bridgehead atoms. The average molecular weight is 110 g/mol. The van der Waals surface area contributed by atoms with Crippen LogP contribution in [-0.2, 0) is 4.79 Å². The third kappa shape index (κ3) is 0.954. The van der Waals surface area contributed by atoms with Gasteiger partial charge in [-0.3, -0.25) is 4.79 Å². The van der Waals surface area contributed by atoms with Crippen molar-refractivity contribution < 1.29 is 4.79 Å². The summed E-state index contributed by atoms with van der Waals surface area (Å²) in [7, 11) is 0. The molecule has 0 fully saturated rings. The Labute approximate surface area is 48.4 Å². The molecule has 0 saturated heterocycles. The maximum absolute atomic E-state index is 9.92. The van der Waals surface area contributed by atoms with Crippen molar-refractivity contribution in [2.75, 3.05) is 0 Å².